The molecule has 2 N–H and O–H groups in total. The van der Waals surface area contributed by atoms with Crippen LogP contribution in [-0.4, -0.2) is 18.0 Å². The number of pyridine rings is 1. The Bertz CT molecular complexity index is 899. The van der Waals surface area contributed by atoms with E-state index in [-0.39, 0.29) is 5.91 Å². The third-order valence-electron chi connectivity index (χ3n) is 3.49. The van der Waals surface area contributed by atoms with E-state index in [1.54, 1.807) is 25.4 Å². The topological polar surface area (TPSA) is 63.2 Å². The zero-order chi connectivity index (χ0) is 17.6. The summed E-state index contributed by atoms with van der Waals surface area (Å²) < 4.78 is 6.03. The summed E-state index contributed by atoms with van der Waals surface area (Å²) in [5.74, 6) is 1.11. The molecule has 0 aliphatic carbocycles. The van der Waals surface area contributed by atoms with Crippen LogP contribution in [0.15, 0.2) is 71.3 Å². The minimum Gasteiger partial charge on any atom is -0.497 e. The van der Waals surface area contributed by atoms with Crippen molar-refractivity contribution in [3.63, 3.8) is 0 Å². The van der Waals surface area contributed by atoms with Gasteiger partial charge in [0.15, 0.2) is 0 Å². The van der Waals surface area contributed by atoms with Crippen LogP contribution in [0.3, 0.4) is 0 Å². The number of carbonyl (C=O) groups excluding carboxylic acids is 1. The van der Waals surface area contributed by atoms with Crippen LogP contribution in [0.5, 0.6) is 5.75 Å². The molecule has 0 saturated carbocycles. The molecule has 0 spiro atoms. The fraction of sp³-hybridized carbons (Fsp3) is 0.0526. The van der Waals surface area contributed by atoms with Gasteiger partial charge in [0, 0.05) is 28.0 Å². The summed E-state index contributed by atoms with van der Waals surface area (Å²) in [6.07, 6.45) is 1.59. The van der Waals surface area contributed by atoms with Gasteiger partial charge in [-0.3, -0.25) is 4.79 Å². The molecule has 3 aromatic rings. The van der Waals surface area contributed by atoms with Crippen molar-refractivity contribution in [1.82, 2.24) is 4.98 Å². The van der Waals surface area contributed by atoms with Crippen molar-refractivity contribution < 1.29 is 9.53 Å². The maximum absolute atomic E-state index is 12.5. The van der Waals surface area contributed by atoms with Gasteiger partial charge in [0.05, 0.1) is 12.8 Å². The molecule has 1 heterocycles. The molecule has 0 atom stereocenters. The zero-order valence-electron chi connectivity index (χ0n) is 13.5. The van der Waals surface area contributed by atoms with Gasteiger partial charge >= 0.3 is 0 Å². The molecule has 0 unspecified atom stereocenters. The average molecular weight is 398 g/mol. The summed E-state index contributed by atoms with van der Waals surface area (Å²) in [4.78, 5) is 16.7. The van der Waals surface area contributed by atoms with Crippen molar-refractivity contribution in [1.29, 1.82) is 0 Å². The van der Waals surface area contributed by atoms with Crippen LogP contribution < -0.4 is 15.4 Å². The highest BCUT2D eigenvalue weighted by Crippen LogP contribution is 2.23. The molecule has 3 rings (SSSR count). The SMILES string of the molecule is COc1cccc(Nc2cc(C(=O)Nc3ccccc3Br)ccn2)c1. The van der Waals surface area contributed by atoms with Gasteiger partial charge in [0.2, 0.25) is 0 Å². The van der Waals surface area contributed by atoms with E-state index in [4.69, 9.17) is 4.74 Å². The van der Waals surface area contributed by atoms with Crippen molar-refractivity contribution in [3.05, 3.63) is 76.9 Å². The lowest BCUT2D eigenvalue weighted by atomic mass is 10.2. The predicted molar refractivity (Wildman–Crippen MR) is 103 cm³/mol. The molecule has 5 nitrogen and oxygen atoms in total. The number of aromatic nitrogens is 1. The van der Waals surface area contributed by atoms with Crippen molar-refractivity contribution in [2.75, 3.05) is 17.7 Å². The predicted octanol–water partition coefficient (Wildman–Crippen LogP) is 4.85. The minimum absolute atomic E-state index is 0.206. The number of rotatable bonds is 5. The number of anilines is 3. The third kappa shape index (κ3) is 4.36. The summed E-state index contributed by atoms with van der Waals surface area (Å²) in [6.45, 7) is 0. The number of nitrogens with zero attached hydrogens (tertiary/aromatic N) is 1. The van der Waals surface area contributed by atoms with Crippen LogP contribution in [0.1, 0.15) is 10.4 Å². The molecule has 126 valence electrons. The number of nitrogens with one attached hydrogen (secondary N) is 2. The Balaban J connectivity index is 1.76. The van der Waals surface area contributed by atoms with E-state index in [9.17, 15) is 4.79 Å². The van der Waals surface area contributed by atoms with Crippen LogP contribution >= 0.6 is 15.9 Å². The number of halogens is 1. The first-order chi connectivity index (χ1) is 12.2. The van der Waals surface area contributed by atoms with Gasteiger partial charge in [-0.1, -0.05) is 18.2 Å². The molecule has 25 heavy (non-hydrogen) atoms. The second kappa shape index (κ2) is 7.81. The highest BCUT2D eigenvalue weighted by atomic mass is 79.9. The maximum atomic E-state index is 12.5. The van der Waals surface area contributed by atoms with Crippen molar-refractivity contribution in [2.45, 2.75) is 0 Å². The van der Waals surface area contributed by atoms with E-state index in [1.165, 1.54) is 0 Å². The lowest BCUT2D eigenvalue weighted by Crippen LogP contribution is -2.12. The summed E-state index contributed by atoms with van der Waals surface area (Å²) in [5.41, 5.74) is 2.05. The summed E-state index contributed by atoms with van der Waals surface area (Å²) >= 11 is 3.42. The van der Waals surface area contributed by atoms with E-state index in [2.05, 4.69) is 31.5 Å². The van der Waals surface area contributed by atoms with Gasteiger partial charge in [0.1, 0.15) is 11.6 Å². The lowest BCUT2D eigenvalue weighted by Gasteiger charge is -2.10. The first-order valence-corrected chi connectivity index (χ1v) is 8.38. The van der Waals surface area contributed by atoms with Crippen molar-refractivity contribution >= 4 is 39.0 Å². The van der Waals surface area contributed by atoms with Gasteiger partial charge in [-0.25, -0.2) is 4.98 Å². The smallest absolute Gasteiger partial charge is 0.255 e. The molecule has 0 radical (unpaired) electrons. The number of methoxy groups -OCH3 is 1. The first kappa shape index (κ1) is 17.0. The van der Waals surface area contributed by atoms with E-state index in [0.29, 0.717) is 17.1 Å². The Morgan fingerprint density at radius 3 is 2.72 bits per heavy atom. The second-order valence-corrected chi connectivity index (χ2v) is 6.08. The molecule has 0 aliphatic rings. The average Bonchev–Trinajstić information content (AvgIpc) is 2.64. The fourth-order valence-corrected chi connectivity index (χ4v) is 2.63. The lowest BCUT2D eigenvalue weighted by molar-refractivity contribution is 0.102. The normalized spacial score (nSPS) is 10.2. The molecule has 0 aliphatic heterocycles. The Morgan fingerprint density at radius 1 is 1.08 bits per heavy atom. The molecule has 0 saturated heterocycles. The minimum atomic E-state index is -0.206. The number of ether oxygens (including phenoxy) is 1. The standard InChI is InChI=1S/C19H16BrN3O2/c1-25-15-6-4-5-14(12-15)22-18-11-13(9-10-21-18)19(24)23-17-8-3-2-7-16(17)20/h2-12H,1H3,(H,21,22)(H,23,24). The zero-order valence-corrected chi connectivity index (χ0v) is 15.1. The van der Waals surface area contributed by atoms with E-state index < -0.39 is 0 Å². The van der Waals surface area contributed by atoms with E-state index in [1.807, 2.05) is 48.5 Å². The summed E-state index contributed by atoms with van der Waals surface area (Å²) in [7, 11) is 1.62. The van der Waals surface area contributed by atoms with Crippen molar-refractivity contribution in [3.8, 4) is 5.75 Å². The molecule has 0 bridgehead atoms. The van der Waals surface area contributed by atoms with Gasteiger partial charge in [-0.2, -0.15) is 0 Å². The largest absolute Gasteiger partial charge is 0.497 e. The van der Waals surface area contributed by atoms with Gasteiger partial charge in [-0.15, -0.1) is 0 Å². The number of para-hydroxylation sites is 1. The van der Waals surface area contributed by atoms with Gasteiger partial charge < -0.3 is 15.4 Å². The number of benzene rings is 2. The third-order valence-corrected chi connectivity index (χ3v) is 4.18. The molecule has 6 heteroatoms. The highest BCUT2D eigenvalue weighted by molar-refractivity contribution is 9.10. The molecule has 2 aromatic carbocycles. The molecular formula is C19H16BrN3O2. The van der Waals surface area contributed by atoms with Crippen LogP contribution in [0, 0.1) is 0 Å². The quantitative estimate of drug-likeness (QED) is 0.645. The Morgan fingerprint density at radius 2 is 1.92 bits per heavy atom. The summed E-state index contributed by atoms with van der Waals surface area (Å²) in [6, 6.07) is 18.3. The summed E-state index contributed by atoms with van der Waals surface area (Å²) in [5, 5.41) is 6.04. The number of hydrogen-bond acceptors (Lipinski definition) is 4. The van der Waals surface area contributed by atoms with Gasteiger partial charge in [-0.05, 0) is 52.3 Å². The van der Waals surface area contributed by atoms with Crippen molar-refractivity contribution in [2.24, 2.45) is 0 Å². The van der Waals surface area contributed by atoms with E-state index >= 15 is 0 Å². The Hall–Kier alpha value is -2.86. The maximum Gasteiger partial charge on any atom is 0.255 e. The van der Waals surface area contributed by atoms with E-state index in [0.717, 1.165) is 15.9 Å². The fourth-order valence-electron chi connectivity index (χ4n) is 2.25. The van der Waals surface area contributed by atoms with Crippen LogP contribution in [0.4, 0.5) is 17.2 Å². The second-order valence-electron chi connectivity index (χ2n) is 5.22. The molecule has 1 amide bonds. The number of amides is 1. The van der Waals surface area contributed by atoms with Crippen LogP contribution in [0.2, 0.25) is 0 Å². The Kier molecular flexibility index (Phi) is 5.30. The number of hydrogen-bond donors (Lipinski definition) is 2. The Labute approximate surface area is 154 Å². The van der Waals surface area contributed by atoms with Gasteiger partial charge in [0.25, 0.3) is 5.91 Å². The van der Waals surface area contributed by atoms with Crippen LogP contribution in [0.25, 0.3) is 0 Å². The molecule has 1 aromatic heterocycles. The molecular weight excluding hydrogens is 382 g/mol. The number of carbonyl (C=O) groups is 1. The first-order valence-electron chi connectivity index (χ1n) is 7.59. The monoisotopic (exact) mass is 397 g/mol. The van der Waals surface area contributed by atoms with Crippen LogP contribution in [-0.2, 0) is 0 Å². The molecule has 0 fully saturated rings. The highest BCUT2D eigenvalue weighted by Gasteiger charge is 2.09.